The van der Waals surface area contributed by atoms with Gasteiger partial charge in [-0.05, 0) is 58.2 Å². The van der Waals surface area contributed by atoms with Crippen LogP contribution in [0.3, 0.4) is 0 Å². The fraction of sp³-hybridized carbons (Fsp3) is 0.176. The molecule has 2 N–H and O–H groups in total. The van der Waals surface area contributed by atoms with Crippen molar-refractivity contribution >= 4 is 22.0 Å². The highest BCUT2D eigenvalue weighted by atomic mass is 79.9. The van der Waals surface area contributed by atoms with E-state index in [-0.39, 0.29) is 0 Å². The van der Waals surface area contributed by atoms with Crippen molar-refractivity contribution in [3.63, 3.8) is 0 Å². The predicted molar refractivity (Wildman–Crippen MR) is 87.9 cm³/mol. The van der Waals surface area contributed by atoms with Crippen LogP contribution >= 0.6 is 15.9 Å². The van der Waals surface area contributed by atoms with Crippen molar-refractivity contribution in [2.45, 2.75) is 6.42 Å². The molecule has 0 aromatic heterocycles. The van der Waals surface area contributed by atoms with E-state index in [0.717, 1.165) is 16.6 Å². The highest BCUT2D eigenvalue weighted by Crippen LogP contribution is 2.26. The lowest BCUT2D eigenvalue weighted by atomic mass is 10.1. The fourth-order valence-electron chi connectivity index (χ4n) is 1.87. The molecule has 0 spiro atoms. The summed E-state index contributed by atoms with van der Waals surface area (Å²) in [6.45, 7) is 1.20. The molecule has 3 heteroatoms. The number of benzene rings is 2. The van der Waals surface area contributed by atoms with E-state index in [4.69, 9.17) is 10.5 Å². The van der Waals surface area contributed by atoms with E-state index in [1.165, 1.54) is 11.1 Å². The molecule has 0 aliphatic carbocycles. The van der Waals surface area contributed by atoms with E-state index in [9.17, 15) is 0 Å². The second-order valence-electron chi connectivity index (χ2n) is 4.43. The molecule has 0 heterocycles. The molecule has 0 aliphatic heterocycles. The third-order valence-corrected chi connectivity index (χ3v) is 3.49. The van der Waals surface area contributed by atoms with Crippen LogP contribution < -0.4 is 10.5 Å². The number of hydrogen-bond acceptors (Lipinski definition) is 2. The summed E-state index contributed by atoms with van der Waals surface area (Å²) in [4.78, 5) is 0. The summed E-state index contributed by atoms with van der Waals surface area (Å²) in [6.07, 6.45) is 4.94. The van der Waals surface area contributed by atoms with Crippen LogP contribution in [0.15, 0.2) is 59.1 Å². The van der Waals surface area contributed by atoms with Crippen LogP contribution in [0.1, 0.15) is 11.1 Å². The van der Waals surface area contributed by atoms with Crippen LogP contribution in [-0.4, -0.2) is 13.2 Å². The lowest BCUT2D eigenvalue weighted by Gasteiger charge is -2.07. The summed E-state index contributed by atoms with van der Waals surface area (Å²) in [5.74, 6) is 0.850. The molecule has 0 unspecified atom stereocenters. The third kappa shape index (κ3) is 4.51. The van der Waals surface area contributed by atoms with Crippen LogP contribution in [0.25, 0.3) is 6.08 Å². The molecule has 104 valence electrons. The Labute approximate surface area is 128 Å². The first-order valence-electron chi connectivity index (χ1n) is 6.62. The molecule has 0 fully saturated rings. The first-order valence-corrected chi connectivity index (χ1v) is 7.42. The number of hydrogen-bond donors (Lipinski definition) is 1. The van der Waals surface area contributed by atoms with Gasteiger partial charge in [0.05, 0.1) is 4.47 Å². The zero-order chi connectivity index (χ0) is 14.2. The van der Waals surface area contributed by atoms with Gasteiger partial charge < -0.3 is 10.5 Å². The molecule has 0 bridgehead atoms. The molecule has 0 radical (unpaired) electrons. The Morgan fingerprint density at radius 1 is 1.10 bits per heavy atom. The second-order valence-corrected chi connectivity index (χ2v) is 5.28. The van der Waals surface area contributed by atoms with Gasteiger partial charge in [0.2, 0.25) is 0 Å². The smallest absolute Gasteiger partial charge is 0.133 e. The van der Waals surface area contributed by atoms with Gasteiger partial charge in [-0.3, -0.25) is 0 Å². The van der Waals surface area contributed by atoms with Crippen molar-refractivity contribution in [1.82, 2.24) is 0 Å². The molecule has 0 amide bonds. The molecule has 2 aromatic rings. The second kappa shape index (κ2) is 7.88. The predicted octanol–water partition coefficient (Wildman–Crippen LogP) is 4.04. The zero-order valence-electron chi connectivity index (χ0n) is 11.3. The molecule has 2 rings (SSSR count). The Bertz CT molecular complexity index is 566. The number of halogens is 1. The van der Waals surface area contributed by atoms with Crippen LogP contribution in [-0.2, 0) is 6.42 Å². The molecule has 0 saturated carbocycles. The van der Waals surface area contributed by atoms with E-state index in [1.807, 2.05) is 36.4 Å². The van der Waals surface area contributed by atoms with Gasteiger partial charge in [-0.1, -0.05) is 42.5 Å². The molecule has 0 aliphatic rings. The molecule has 0 atom stereocenters. The van der Waals surface area contributed by atoms with Crippen molar-refractivity contribution < 1.29 is 4.74 Å². The summed E-state index contributed by atoms with van der Waals surface area (Å²) >= 11 is 3.52. The van der Waals surface area contributed by atoms with E-state index < -0.39 is 0 Å². The largest absolute Gasteiger partial charge is 0.488 e. The Morgan fingerprint density at radius 2 is 1.90 bits per heavy atom. The topological polar surface area (TPSA) is 35.2 Å². The van der Waals surface area contributed by atoms with Gasteiger partial charge >= 0.3 is 0 Å². The maximum absolute atomic E-state index is 5.73. The number of rotatable bonds is 6. The summed E-state index contributed by atoms with van der Waals surface area (Å²) < 4.78 is 6.70. The van der Waals surface area contributed by atoms with E-state index >= 15 is 0 Å². The van der Waals surface area contributed by atoms with E-state index in [2.05, 4.69) is 40.2 Å². The molecular formula is C17H18BrNO. The third-order valence-electron chi connectivity index (χ3n) is 2.87. The highest BCUT2D eigenvalue weighted by molar-refractivity contribution is 9.10. The standard InChI is InChI=1S/C17H18BrNO/c18-16-13-15(10-11-19)8-9-17(16)20-12-4-7-14-5-2-1-3-6-14/h1-9,13H,10-12,19H2. The maximum Gasteiger partial charge on any atom is 0.133 e. The minimum absolute atomic E-state index is 0.545. The summed E-state index contributed by atoms with van der Waals surface area (Å²) in [5.41, 5.74) is 7.94. The first kappa shape index (κ1) is 14.8. The average Bonchev–Trinajstić information content (AvgIpc) is 2.47. The summed E-state index contributed by atoms with van der Waals surface area (Å²) in [6, 6.07) is 16.3. The van der Waals surface area contributed by atoms with Gasteiger partial charge in [-0.15, -0.1) is 0 Å². The number of nitrogens with two attached hydrogens (primary N) is 1. The minimum atomic E-state index is 0.545. The maximum atomic E-state index is 5.73. The van der Waals surface area contributed by atoms with Crippen molar-refractivity contribution in [3.05, 3.63) is 70.2 Å². The molecule has 2 aromatic carbocycles. The van der Waals surface area contributed by atoms with Crippen molar-refractivity contribution in [3.8, 4) is 5.75 Å². The normalized spacial score (nSPS) is 10.9. The van der Waals surface area contributed by atoms with Crippen LogP contribution in [0, 0.1) is 0 Å². The van der Waals surface area contributed by atoms with E-state index in [1.54, 1.807) is 0 Å². The highest BCUT2D eigenvalue weighted by Gasteiger charge is 2.01. The lowest BCUT2D eigenvalue weighted by molar-refractivity contribution is 0.361. The van der Waals surface area contributed by atoms with Crippen molar-refractivity contribution in [1.29, 1.82) is 0 Å². The van der Waals surface area contributed by atoms with E-state index in [0.29, 0.717) is 13.2 Å². The van der Waals surface area contributed by atoms with Crippen LogP contribution in [0.4, 0.5) is 0 Å². The van der Waals surface area contributed by atoms with Gasteiger partial charge in [0.15, 0.2) is 0 Å². The molecule has 0 saturated heterocycles. The van der Waals surface area contributed by atoms with Gasteiger partial charge in [-0.2, -0.15) is 0 Å². The van der Waals surface area contributed by atoms with Gasteiger partial charge in [0, 0.05) is 0 Å². The summed E-state index contributed by atoms with van der Waals surface area (Å²) in [5, 5.41) is 0. The Kier molecular flexibility index (Phi) is 5.84. The molecule has 20 heavy (non-hydrogen) atoms. The van der Waals surface area contributed by atoms with Crippen LogP contribution in [0.2, 0.25) is 0 Å². The molecular weight excluding hydrogens is 314 g/mol. The Hall–Kier alpha value is -1.58. The van der Waals surface area contributed by atoms with Crippen LogP contribution in [0.5, 0.6) is 5.75 Å². The number of ether oxygens (including phenoxy) is 1. The minimum Gasteiger partial charge on any atom is -0.488 e. The SMILES string of the molecule is NCCc1ccc(OCC=Cc2ccccc2)c(Br)c1. The van der Waals surface area contributed by atoms with Crippen molar-refractivity contribution in [2.24, 2.45) is 5.73 Å². The van der Waals surface area contributed by atoms with Gasteiger partial charge in [0.25, 0.3) is 0 Å². The Balaban J connectivity index is 1.89. The zero-order valence-corrected chi connectivity index (χ0v) is 12.8. The first-order chi connectivity index (χ1) is 9.79. The van der Waals surface area contributed by atoms with Gasteiger partial charge in [0.1, 0.15) is 12.4 Å². The quantitative estimate of drug-likeness (QED) is 0.866. The Morgan fingerprint density at radius 3 is 2.60 bits per heavy atom. The van der Waals surface area contributed by atoms with Crippen molar-refractivity contribution in [2.75, 3.05) is 13.2 Å². The average molecular weight is 332 g/mol. The molecule has 2 nitrogen and oxygen atoms in total. The summed E-state index contributed by atoms with van der Waals surface area (Å²) in [7, 11) is 0. The van der Waals surface area contributed by atoms with Gasteiger partial charge in [-0.25, -0.2) is 0 Å². The fourth-order valence-corrected chi connectivity index (χ4v) is 2.41. The lowest BCUT2D eigenvalue weighted by Crippen LogP contribution is -2.03. The monoisotopic (exact) mass is 331 g/mol.